The van der Waals surface area contributed by atoms with Gasteiger partial charge >= 0.3 is 0 Å². The summed E-state index contributed by atoms with van der Waals surface area (Å²) in [5.41, 5.74) is 27.2. The van der Waals surface area contributed by atoms with Crippen LogP contribution in [-0.2, 0) is 19.3 Å². The quantitative estimate of drug-likeness (QED) is 0.0900. The maximum Gasteiger partial charge on any atom is 0.127 e. The van der Waals surface area contributed by atoms with Crippen LogP contribution >= 0.6 is 0 Å². The average Bonchev–Trinajstić information content (AvgIpc) is 3.13. The molecule has 0 amide bonds. The largest absolute Gasteiger partial charge is 0.457 e. The summed E-state index contributed by atoms with van der Waals surface area (Å²) >= 11 is 0. The van der Waals surface area contributed by atoms with Gasteiger partial charge in [0.05, 0.1) is 0 Å². The Balaban J connectivity index is 1.28. The molecule has 0 unspecified atom stereocenters. The molecule has 6 nitrogen and oxygen atoms in total. The Morgan fingerprint density at radius 3 is 0.857 bits per heavy atom. The maximum absolute atomic E-state index is 6.21. The van der Waals surface area contributed by atoms with Gasteiger partial charge in [0.2, 0.25) is 0 Å². The molecule has 6 aromatic carbocycles. The number of hydrogen-bond donors (Lipinski definition) is 3. The molecule has 0 heterocycles. The summed E-state index contributed by atoms with van der Waals surface area (Å²) in [5.74, 6) is 4.51. The van der Waals surface area contributed by atoms with E-state index in [9.17, 15) is 0 Å². The molecule has 248 valence electrons. The van der Waals surface area contributed by atoms with E-state index in [0.29, 0.717) is 0 Å². The van der Waals surface area contributed by atoms with Crippen LogP contribution in [0, 0.1) is 0 Å². The first-order valence-electron chi connectivity index (χ1n) is 16.8. The third-order valence-corrected chi connectivity index (χ3v) is 8.83. The summed E-state index contributed by atoms with van der Waals surface area (Å²) in [6.45, 7) is 6.26. The molecule has 0 bridgehead atoms. The molecule has 49 heavy (non-hydrogen) atoms. The summed E-state index contributed by atoms with van der Waals surface area (Å²) in [5, 5.41) is 0. The van der Waals surface area contributed by atoms with Gasteiger partial charge in [0.15, 0.2) is 0 Å². The Bertz CT molecular complexity index is 1790. The number of ether oxygens (including phenoxy) is 3. The van der Waals surface area contributed by atoms with Crippen LogP contribution in [0.5, 0.6) is 34.5 Å². The molecule has 6 heteroatoms. The lowest BCUT2D eigenvalue weighted by Crippen LogP contribution is -2.04. The predicted octanol–water partition coefficient (Wildman–Crippen LogP) is 10.7. The Labute approximate surface area is 289 Å². The van der Waals surface area contributed by atoms with Crippen molar-refractivity contribution in [1.29, 1.82) is 0 Å². The number of hydrogen-bond acceptors (Lipinski definition) is 6. The minimum absolute atomic E-state index is 0.0493. The second kappa shape index (κ2) is 14.9. The molecule has 6 rings (SSSR count). The van der Waals surface area contributed by atoms with Crippen molar-refractivity contribution in [3.63, 3.8) is 0 Å². The van der Waals surface area contributed by atoms with E-state index in [1.54, 1.807) is 0 Å². The number of rotatable bonds is 12. The highest BCUT2D eigenvalue weighted by molar-refractivity contribution is 5.54. The van der Waals surface area contributed by atoms with E-state index >= 15 is 0 Å². The van der Waals surface area contributed by atoms with Crippen LogP contribution in [0.1, 0.15) is 60.1 Å². The Morgan fingerprint density at radius 2 is 0.612 bits per heavy atom. The molecule has 0 saturated heterocycles. The van der Waals surface area contributed by atoms with Crippen molar-refractivity contribution in [2.45, 2.75) is 46.0 Å². The number of anilines is 3. The second-order valence-electron chi connectivity index (χ2n) is 12.1. The molecule has 0 aromatic heterocycles. The topological polar surface area (TPSA) is 106 Å². The number of aryl methyl sites for hydroxylation is 3. The van der Waals surface area contributed by atoms with Gasteiger partial charge in [-0.05, 0) is 144 Å². The van der Waals surface area contributed by atoms with Gasteiger partial charge in [-0.1, -0.05) is 57.2 Å². The highest BCUT2D eigenvalue weighted by Gasteiger charge is 2.18. The van der Waals surface area contributed by atoms with Crippen molar-refractivity contribution in [2.24, 2.45) is 0 Å². The number of benzene rings is 6. The zero-order chi connectivity index (χ0) is 34.3. The Morgan fingerprint density at radius 1 is 0.367 bits per heavy atom. The predicted molar refractivity (Wildman–Crippen MR) is 201 cm³/mol. The molecule has 6 aromatic rings. The van der Waals surface area contributed by atoms with E-state index in [0.717, 1.165) is 104 Å². The first-order chi connectivity index (χ1) is 23.8. The zero-order valence-electron chi connectivity index (χ0n) is 28.3. The molecular formula is C43H43N3O3. The highest BCUT2D eigenvalue weighted by atomic mass is 16.5. The van der Waals surface area contributed by atoms with Crippen LogP contribution in [0.4, 0.5) is 17.1 Å². The lowest BCUT2D eigenvalue weighted by molar-refractivity contribution is 0.482. The molecule has 0 fully saturated rings. The van der Waals surface area contributed by atoms with E-state index < -0.39 is 0 Å². The van der Waals surface area contributed by atoms with Crippen molar-refractivity contribution in [3.05, 3.63) is 161 Å². The van der Waals surface area contributed by atoms with Crippen molar-refractivity contribution < 1.29 is 14.2 Å². The lowest BCUT2D eigenvalue weighted by Gasteiger charge is -2.20. The van der Waals surface area contributed by atoms with Gasteiger partial charge in [-0.15, -0.1) is 0 Å². The van der Waals surface area contributed by atoms with E-state index in [4.69, 9.17) is 31.4 Å². The first kappa shape index (κ1) is 33.0. The molecule has 6 N–H and O–H groups in total. The Kier molecular flexibility index (Phi) is 10.1. The normalized spacial score (nSPS) is 11.0. The van der Waals surface area contributed by atoms with Crippen LogP contribution in [-0.4, -0.2) is 0 Å². The lowest BCUT2D eigenvalue weighted by atomic mass is 9.85. The second-order valence-corrected chi connectivity index (χ2v) is 12.1. The van der Waals surface area contributed by atoms with E-state index in [-0.39, 0.29) is 5.92 Å². The van der Waals surface area contributed by atoms with E-state index in [1.807, 2.05) is 91.0 Å². The van der Waals surface area contributed by atoms with Crippen LogP contribution in [0.3, 0.4) is 0 Å². The van der Waals surface area contributed by atoms with Gasteiger partial charge in [0.1, 0.15) is 34.5 Å². The summed E-state index contributed by atoms with van der Waals surface area (Å²) in [4.78, 5) is 0. The monoisotopic (exact) mass is 649 g/mol. The van der Waals surface area contributed by atoms with Crippen molar-refractivity contribution in [3.8, 4) is 34.5 Å². The molecule has 0 saturated carbocycles. The molecule has 0 radical (unpaired) electrons. The van der Waals surface area contributed by atoms with Gasteiger partial charge in [-0.3, -0.25) is 0 Å². The van der Waals surface area contributed by atoms with Gasteiger partial charge in [-0.2, -0.15) is 0 Å². The smallest absolute Gasteiger partial charge is 0.127 e. The molecular weight excluding hydrogens is 606 g/mol. The summed E-state index contributed by atoms with van der Waals surface area (Å²) in [7, 11) is 0. The zero-order valence-corrected chi connectivity index (χ0v) is 28.3. The van der Waals surface area contributed by atoms with Gasteiger partial charge in [0.25, 0.3) is 0 Å². The van der Waals surface area contributed by atoms with Crippen molar-refractivity contribution >= 4 is 17.1 Å². The van der Waals surface area contributed by atoms with Gasteiger partial charge in [0, 0.05) is 23.0 Å². The molecule has 0 aliphatic rings. The fraction of sp³-hybridized carbons (Fsp3) is 0.163. The number of nitrogens with two attached hydrogens (primary N) is 3. The Hall–Kier alpha value is -5.88. The van der Waals surface area contributed by atoms with Crippen molar-refractivity contribution in [1.82, 2.24) is 0 Å². The molecule has 0 spiro atoms. The summed E-state index contributed by atoms with van der Waals surface area (Å²) in [6.07, 6.45) is 2.53. The summed E-state index contributed by atoms with van der Waals surface area (Å²) in [6, 6.07) is 42.2. The van der Waals surface area contributed by atoms with Gasteiger partial charge in [-0.25, -0.2) is 0 Å². The first-order valence-corrected chi connectivity index (χ1v) is 16.8. The fourth-order valence-corrected chi connectivity index (χ4v) is 6.03. The minimum Gasteiger partial charge on any atom is -0.457 e. The van der Waals surface area contributed by atoms with Crippen molar-refractivity contribution in [2.75, 3.05) is 17.2 Å². The van der Waals surface area contributed by atoms with Gasteiger partial charge < -0.3 is 31.4 Å². The SMILES string of the molecule is CCc1cc(Oc2ccc(C(c3ccc(Oc4ccc(N)c(CC)c4)cc3)c3ccc(Oc4ccc(N)c(CC)c4)cc3)cc2)ccc1N. The van der Waals surface area contributed by atoms with Crippen LogP contribution in [0.25, 0.3) is 0 Å². The summed E-state index contributed by atoms with van der Waals surface area (Å²) < 4.78 is 18.6. The van der Waals surface area contributed by atoms with E-state index in [2.05, 4.69) is 57.2 Å². The third kappa shape index (κ3) is 7.82. The van der Waals surface area contributed by atoms with Crippen LogP contribution < -0.4 is 31.4 Å². The average molecular weight is 650 g/mol. The minimum atomic E-state index is -0.0493. The molecule has 0 aliphatic carbocycles. The highest BCUT2D eigenvalue weighted by Crippen LogP contribution is 2.37. The third-order valence-electron chi connectivity index (χ3n) is 8.83. The molecule has 0 atom stereocenters. The van der Waals surface area contributed by atoms with Crippen LogP contribution in [0.15, 0.2) is 127 Å². The van der Waals surface area contributed by atoms with E-state index in [1.165, 1.54) is 0 Å². The fourth-order valence-electron chi connectivity index (χ4n) is 6.03. The van der Waals surface area contributed by atoms with Crippen LogP contribution in [0.2, 0.25) is 0 Å². The molecule has 0 aliphatic heterocycles. The standard InChI is InChI=1S/C43H43N3O3/c1-4-28-25-37(19-22-40(28)44)47-34-13-7-31(8-14-34)43(32-9-15-35(16-10-32)48-38-20-23-41(45)29(5-2)26-38)33-11-17-36(18-12-33)49-39-21-24-42(46)30(6-3)27-39/h7-27,43H,4-6,44-46H2,1-3H3. The number of nitrogen functional groups attached to an aromatic ring is 3. The maximum atomic E-state index is 6.21.